The summed E-state index contributed by atoms with van der Waals surface area (Å²) in [4.78, 5) is 38.9. The van der Waals surface area contributed by atoms with Gasteiger partial charge < -0.3 is 19.0 Å². The molecule has 7 nitrogen and oxygen atoms in total. The van der Waals surface area contributed by atoms with Gasteiger partial charge in [-0.2, -0.15) is 0 Å². The maximum atomic E-state index is 13.0. The van der Waals surface area contributed by atoms with Gasteiger partial charge in [-0.3, -0.25) is 9.59 Å². The summed E-state index contributed by atoms with van der Waals surface area (Å²) in [5, 5.41) is 0. The molecule has 1 aliphatic rings. The van der Waals surface area contributed by atoms with Gasteiger partial charge in [0.1, 0.15) is 5.76 Å². The molecule has 136 valence electrons. The van der Waals surface area contributed by atoms with Crippen LogP contribution >= 0.6 is 0 Å². The number of furan rings is 1. The number of amides is 2. The molecule has 7 heteroatoms. The number of ether oxygens (including phenoxy) is 1. The topological polar surface area (TPSA) is 80.1 Å². The number of aldehydes is 1. The molecular weight excluding hydrogens is 336 g/mol. The second kappa shape index (κ2) is 7.86. The highest BCUT2D eigenvalue weighted by Crippen LogP contribution is 2.26. The second-order valence-corrected chi connectivity index (χ2v) is 5.84. The molecule has 0 saturated carbocycles. The van der Waals surface area contributed by atoms with E-state index in [2.05, 4.69) is 0 Å². The maximum Gasteiger partial charge on any atom is 0.409 e. The average molecular weight is 356 g/mol. The van der Waals surface area contributed by atoms with Gasteiger partial charge >= 0.3 is 6.09 Å². The summed E-state index contributed by atoms with van der Waals surface area (Å²) in [6, 6.07) is 10.4. The first-order valence-corrected chi connectivity index (χ1v) is 8.49. The zero-order chi connectivity index (χ0) is 18.5. The number of piperazine rings is 1. The molecule has 0 radical (unpaired) electrons. The summed E-state index contributed by atoms with van der Waals surface area (Å²) < 4.78 is 10.5. The molecule has 0 unspecified atom stereocenters. The smallest absolute Gasteiger partial charge is 0.409 e. The summed E-state index contributed by atoms with van der Waals surface area (Å²) in [7, 11) is 0. The minimum atomic E-state index is -0.350. The van der Waals surface area contributed by atoms with E-state index in [9.17, 15) is 14.4 Å². The zero-order valence-electron chi connectivity index (χ0n) is 14.5. The molecule has 2 amide bonds. The molecule has 1 aromatic heterocycles. The highest BCUT2D eigenvalue weighted by molar-refractivity contribution is 6.00. The summed E-state index contributed by atoms with van der Waals surface area (Å²) in [5.41, 5.74) is 1.14. The van der Waals surface area contributed by atoms with Gasteiger partial charge in [0.15, 0.2) is 12.0 Å². The van der Waals surface area contributed by atoms with E-state index in [4.69, 9.17) is 9.15 Å². The Bertz CT molecular complexity index is 806. The van der Waals surface area contributed by atoms with Crippen LogP contribution in [-0.2, 0) is 4.74 Å². The van der Waals surface area contributed by atoms with Crippen LogP contribution in [-0.4, -0.2) is 60.9 Å². The van der Waals surface area contributed by atoms with Crippen LogP contribution in [0.25, 0.3) is 11.3 Å². The van der Waals surface area contributed by atoms with Gasteiger partial charge in [0.2, 0.25) is 0 Å². The molecular formula is C19H20N2O5. The Morgan fingerprint density at radius 2 is 1.77 bits per heavy atom. The highest BCUT2D eigenvalue weighted by atomic mass is 16.6. The van der Waals surface area contributed by atoms with Crippen LogP contribution < -0.4 is 0 Å². The molecule has 1 aliphatic heterocycles. The molecule has 0 aliphatic carbocycles. The molecule has 2 heterocycles. The monoisotopic (exact) mass is 356 g/mol. The van der Waals surface area contributed by atoms with Gasteiger partial charge in [-0.1, -0.05) is 18.2 Å². The summed E-state index contributed by atoms with van der Waals surface area (Å²) in [5.74, 6) is 0.555. The summed E-state index contributed by atoms with van der Waals surface area (Å²) in [6.45, 7) is 3.83. The van der Waals surface area contributed by atoms with Crippen molar-refractivity contribution in [2.45, 2.75) is 6.92 Å². The fraction of sp³-hybridized carbons (Fsp3) is 0.316. The molecule has 26 heavy (non-hydrogen) atoms. The summed E-state index contributed by atoms with van der Waals surface area (Å²) in [6.07, 6.45) is 0.277. The Balaban J connectivity index is 1.75. The molecule has 0 N–H and O–H groups in total. The zero-order valence-corrected chi connectivity index (χ0v) is 14.5. The first-order valence-electron chi connectivity index (χ1n) is 8.49. The van der Waals surface area contributed by atoms with Crippen molar-refractivity contribution in [3.8, 4) is 11.3 Å². The van der Waals surface area contributed by atoms with Crippen LogP contribution in [0.1, 0.15) is 27.8 Å². The second-order valence-electron chi connectivity index (χ2n) is 5.84. The number of hydrogen-bond donors (Lipinski definition) is 0. The van der Waals surface area contributed by atoms with Crippen LogP contribution in [0.15, 0.2) is 40.8 Å². The van der Waals surface area contributed by atoms with E-state index >= 15 is 0 Å². The minimum Gasteiger partial charge on any atom is -0.453 e. The van der Waals surface area contributed by atoms with E-state index in [-0.39, 0.29) is 17.8 Å². The van der Waals surface area contributed by atoms with Crippen molar-refractivity contribution in [1.29, 1.82) is 0 Å². The Hall–Kier alpha value is -3.09. The lowest BCUT2D eigenvalue weighted by Gasteiger charge is -2.34. The van der Waals surface area contributed by atoms with Crippen molar-refractivity contribution < 1.29 is 23.5 Å². The van der Waals surface area contributed by atoms with Gasteiger partial charge in [-0.15, -0.1) is 0 Å². The first-order chi connectivity index (χ1) is 12.6. The van der Waals surface area contributed by atoms with Crippen LogP contribution in [0.3, 0.4) is 0 Å². The van der Waals surface area contributed by atoms with E-state index in [1.165, 1.54) is 0 Å². The molecule has 1 saturated heterocycles. The highest BCUT2D eigenvalue weighted by Gasteiger charge is 2.27. The van der Waals surface area contributed by atoms with E-state index in [1.807, 2.05) is 6.07 Å². The average Bonchev–Trinajstić information content (AvgIpc) is 3.17. The SMILES string of the molecule is CCOC(=O)N1CCN(C(=O)c2ccccc2-c2ccc(C=O)o2)CC1. The van der Waals surface area contributed by atoms with Crippen molar-refractivity contribution in [3.63, 3.8) is 0 Å². The Morgan fingerprint density at radius 3 is 2.42 bits per heavy atom. The van der Waals surface area contributed by atoms with Crippen molar-refractivity contribution in [3.05, 3.63) is 47.7 Å². The van der Waals surface area contributed by atoms with E-state index in [0.29, 0.717) is 56.0 Å². The van der Waals surface area contributed by atoms with Gasteiger partial charge in [0, 0.05) is 31.7 Å². The third-order valence-corrected chi connectivity index (χ3v) is 4.26. The van der Waals surface area contributed by atoms with E-state index in [1.54, 1.807) is 47.1 Å². The number of carbonyl (C=O) groups excluding carboxylic acids is 3. The normalized spacial score (nSPS) is 14.2. The number of benzene rings is 1. The van der Waals surface area contributed by atoms with Crippen molar-refractivity contribution in [2.75, 3.05) is 32.8 Å². The quantitative estimate of drug-likeness (QED) is 0.787. The van der Waals surface area contributed by atoms with Crippen LogP contribution in [0.2, 0.25) is 0 Å². The van der Waals surface area contributed by atoms with Crippen molar-refractivity contribution in [2.24, 2.45) is 0 Å². The lowest BCUT2D eigenvalue weighted by atomic mass is 10.0. The number of rotatable bonds is 4. The standard InChI is InChI=1S/C19H20N2O5/c1-2-25-19(24)21-11-9-20(10-12-21)18(23)16-6-4-3-5-15(16)17-8-7-14(13-22)26-17/h3-8,13H,2,9-12H2,1H3. The number of carbonyl (C=O) groups is 3. The molecule has 3 rings (SSSR count). The third kappa shape index (κ3) is 3.61. The third-order valence-electron chi connectivity index (χ3n) is 4.26. The Kier molecular flexibility index (Phi) is 5.36. The van der Waals surface area contributed by atoms with Crippen molar-refractivity contribution in [1.82, 2.24) is 9.80 Å². The van der Waals surface area contributed by atoms with Crippen LogP contribution in [0.5, 0.6) is 0 Å². The predicted octanol–water partition coefficient (Wildman–Crippen LogP) is 2.67. The fourth-order valence-electron chi connectivity index (χ4n) is 2.92. The first kappa shape index (κ1) is 17.7. The van der Waals surface area contributed by atoms with Gasteiger partial charge in [-0.25, -0.2) is 4.79 Å². The molecule has 2 aromatic rings. The Labute approximate surface area is 151 Å². The minimum absolute atomic E-state index is 0.131. The summed E-state index contributed by atoms with van der Waals surface area (Å²) >= 11 is 0. The van der Waals surface area contributed by atoms with Gasteiger partial charge in [0.25, 0.3) is 5.91 Å². The number of hydrogen-bond acceptors (Lipinski definition) is 5. The molecule has 1 fully saturated rings. The molecule has 0 spiro atoms. The van der Waals surface area contributed by atoms with Crippen molar-refractivity contribution >= 4 is 18.3 Å². The number of nitrogens with zero attached hydrogens (tertiary/aromatic N) is 2. The predicted molar refractivity (Wildman–Crippen MR) is 94.0 cm³/mol. The van der Waals surface area contributed by atoms with E-state index < -0.39 is 0 Å². The van der Waals surface area contributed by atoms with E-state index in [0.717, 1.165) is 0 Å². The van der Waals surface area contributed by atoms with Gasteiger partial charge in [-0.05, 0) is 25.1 Å². The van der Waals surface area contributed by atoms with Gasteiger partial charge in [0.05, 0.1) is 12.2 Å². The molecule has 0 atom stereocenters. The Morgan fingerprint density at radius 1 is 1.08 bits per heavy atom. The van der Waals surface area contributed by atoms with Crippen LogP contribution in [0.4, 0.5) is 4.79 Å². The lowest BCUT2D eigenvalue weighted by Crippen LogP contribution is -2.50. The maximum absolute atomic E-state index is 13.0. The molecule has 1 aromatic carbocycles. The lowest BCUT2D eigenvalue weighted by molar-refractivity contribution is 0.0571. The largest absolute Gasteiger partial charge is 0.453 e. The van der Waals surface area contributed by atoms with Crippen LogP contribution in [0, 0.1) is 0 Å². The fourth-order valence-corrected chi connectivity index (χ4v) is 2.92. The molecule has 0 bridgehead atoms.